The van der Waals surface area contributed by atoms with Gasteiger partial charge in [0.1, 0.15) is 10.5 Å². The second-order valence-electron chi connectivity index (χ2n) is 4.75. The van der Waals surface area contributed by atoms with E-state index in [2.05, 4.69) is 13.7 Å². The average molecular weight is 340 g/mol. The molecule has 0 fully saturated rings. The maximum atomic E-state index is 11.4. The van der Waals surface area contributed by atoms with E-state index in [-0.39, 0.29) is 5.69 Å². The van der Waals surface area contributed by atoms with Crippen LogP contribution in [-0.4, -0.2) is 18.7 Å². The van der Waals surface area contributed by atoms with Crippen molar-refractivity contribution in [2.24, 2.45) is 0 Å². The van der Waals surface area contributed by atoms with Crippen molar-refractivity contribution in [1.82, 2.24) is 13.7 Å². The van der Waals surface area contributed by atoms with Crippen molar-refractivity contribution in [2.75, 3.05) is 0 Å². The van der Waals surface area contributed by atoms with Gasteiger partial charge in [-0.1, -0.05) is 36.0 Å². The molecule has 6 nitrogen and oxygen atoms in total. The minimum atomic E-state index is -0.410. The lowest BCUT2D eigenvalue weighted by atomic mass is 10.2. The summed E-state index contributed by atoms with van der Waals surface area (Å²) in [6.07, 6.45) is 0. The molecule has 112 valence electrons. The van der Waals surface area contributed by atoms with Gasteiger partial charge >= 0.3 is 5.69 Å². The number of nitro groups is 1. The Morgan fingerprint density at radius 2 is 1.87 bits per heavy atom. The third-order valence-corrected chi connectivity index (χ3v) is 4.86. The molecule has 0 aliphatic heterocycles. The zero-order chi connectivity index (χ0) is 15.8. The van der Waals surface area contributed by atoms with Gasteiger partial charge in [-0.05, 0) is 24.3 Å². The molecule has 0 radical (unpaired) electrons. The molecule has 4 rings (SSSR count). The molecular formula is C15H8N4O2S2. The first kappa shape index (κ1) is 14.0. The average Bonchev–Trinajstić information content (AvgIpc) is 3.02. The van der Waals surface area contributed by atoms with Crippen LogP contribution in [0.2, 0.25) is 0 Å². The van der Waals surface area contributed by atoms with E-state index in [0.29, 0.717) is 21.0 Å². The van der Waals surface area contributed by atoms with Gasteiger partial charge in [0.2, 0.25) is 0 Å². The highest BCUT2D eigenvalue weighted by atomic mass is 32.2. The molecule has 0 spiro atoms. The first-order valence-electron chi connectivity index (χ1n) is 6.66. The van der Waals surface area contributed by atoms with Gasteiger partial charge in [-0.3, -0.25) is 10.1 Å². The van der Waals surface area contributed by atoms with Crippen molar-refractivity contribution in [1.29, 1.82) is 0 Å². The Morgan fingerprint density at radius 1 is 1.00 bits per heavy atom. The number of para-hydroxylation sites is 1. The summed E-state index contributed by atoms with van der Waals surface area (Å²) in [5.74, 6) is 0. The Hall–Kier alpha value is -2.58. The van der Waals surface area contributed by atoms with Crippen molar-refractivity contribution in [3.8, 4) is 0 Å². The minimum Gasteiger partial charge on any atom is -0.258 e. The predicted molar refractivity (Wildman–Crippen MR) is 89.9 cm³/mol. The van der Waals surface area contributed by atoms with Crippen LogP contribution in [0.5, 0.6) is 0 Å². The van der Waals surface area contributed by atoms with Gasteiger partial charge in [-0.25, -0.2) is 4.98 Å². The third-order valence-electron chi connectivity index (χ3n) is 3.33. The van der Waals surface area contributed by atoms with Crippen LogP contribution in [0.25, 0.3) is 21.9 Å². The second kappa shape index (κ2) is 5.56. The fourth-order valence-corrected chi connectivity index (χ4v) is 3.74. The van der Waals surface area contributed by atoms with Gasteiger partial charge in [0, 0.05) is 5.39 Å². The minimum absolute atomic E-state index is 0.0174. The maximum absolute atomic E-state index is 11.4. The van der Waals surface area contributed by atoms with E-state index in [1.54, 1.807) is 12.1 Å². The molecule has 0 saturated carbocycles. The summed E-state index contributed by atoms with van der Waals surface area (Å²) >= 11 is 2.23. The first-order valence-corrected chi connectivity index (χ1v) is 8.20. The van der Waals surface area contributed by atoms with Crippen molar-refractivity contribution in [3.63, 3.8) is 0 Å². The van der Waals surface area contributed by atoms with Gasteiger partial charge < -0.3 is 0 Å². The van der Waals surface area contributed by atoms with Crippen LogP contribution in [0, 0.1) is 10.1 Å². The molecule has 0 saturated heterocycles. The standard InChI is InChI=1S/C15H8N4O2S2/c20-19(21)15-12(7-6-11-14(15)18-23-17-11)22-13-8-5-9-3-1-2-4-10(9)16-13/h1-8H. The molecule has 2 aromatic carbocycles. The van der Waals surface area contributed by atoms with E-state index >= 15 is 0 Å². The molecular weight excluding hydrogens is 332 g/mol. The fraction of sp³-hybridized carbons (Fsp3) is 0. The lowest BCUT2D eigenvalue weighted by molar-refractivity contribution is -0.386. The van der Waals surface area contributed by atoms with E-state index in [9.17, 15) is 10.1 Å². The number of pyridine rings is 1. The normalized spacial score (nSPS) is 11.1. The van der Waals surface area contributed by atoms with Crippen LogP contribution in [0.15, 0.2) is 58.5 Å². The summed E-state index contributed by atoms with van der Waals surface area (Å²) < 4.78 is 8.10. The Kier molecular flexibility index (Phi) is 3.40. The van der Waals surface area contributed by atoms with E-state index in [0.717, 1.165) is 22.6 Å². The number of fused-ring (bicyclic) bond motifs is 2. The molecule has 0 unspecified atom stereocenters. The first-order chi connectivity index (χ1) is 11.2. The van der Waals surface area contributed by atoms with Crippen molar-refractivity contribution < 1.29 is 4.92 Å². The molecule has 2 aromatic heterocycles. The van der Waals surface area contributed by atoms with Crippen LogP contribution in [0.1, 0.15) is 0 Å². The summed E-state index contributed by atoms with van der Waals surface area (Å²) in [5, 5.41) is 13.2. The predicted octanol–water partition coefficient (Wildman–Crippen LogP) is 4.30. The summed E-state index contributed by atoms with van der Waals surface area (Å²) in [6.45, 7) is 0. The Bertz CT molecular complexity index is 1050. The summed E-state index contributed by atoms with van der Waals surface area (Å²) in [4.78, 5) is 16.1. The van der Waals surface area contributed by atoms with E-state index in [1.165, 1.54) is 11.8 Å². The van der Waals surface area contributed by atoms with Crippen molar-refractivity contribution in [3.05, 3.63) is 58.6 Å². The number of nitrogens with zero attached hydrogens (tertiary/aromatic N) is 4. The SMILES string of the molecule is O=[N+]([O-])c1c(Sc2ccc3ccccc3n2)ccc2nsnc12. The largest absolute Gasteiger partial charge is 0.312 e. The molecule has 0 bridgehead atoms. The lowest BCUT2D eigenvalue weighted by Gasteiger charge is -2.04. The molecule has 0 aliphatic rings. The van der Waals surface area contributed by atoms with E-state index in [4.69, 9.17) is 0 Å². The zero-order valence-corrected chi connectivity index (χ0v) is 13.2. The van der Waals surface area contributed by atoms with Gasteiger partial charge in [-0.2, -0.15) is 8.75 Å². The number of benzene rings is 2. The fourth-order valence-electron chi connectivity index (χ4n) is 2.30. The summed E-state index contributed by atoms with van der Waals surface area (Å²) in [7, 11) is 0. The molecule has 0 aliphatic carbocycles. The van der Waals surface area contributed by atoms with Crippen molar-refractivity contribution >= 4 is 51.1 Å². The van der Waals surface area contributed by atoms with Crippen LogP contribution in [-0.2, 0) is 0 Å². The highest BCUT2D eigenvalue weighted by Crippen LogP contribution is 2.38. The molecule has 0 N–H and O–H groups in total. The topological polar surface area (TPSA) is 81.8 Å². The summed E-state index contributed by atoms with van der Waals surface area (Å²) in [5.41, 5.74) is 1.70. The number of rotatable bonds is 3. The van der Waals surface area contributed by atoms with Gasteiger partial charge in [0.15, 0.2) is 5.52 Å². The van der Waals surface area contributed by atoms with Gasteiger partial charge in [-0.15, -0.1) is 0 Å². The Balaban J connectivity index is 1.82. The molecule has 23 heavy (non-hydrogen) atoms. The molecule has 0 amide bonds. The quantitative estimate of drug-likeness (QED) is 0.408. The van der Waals surface area contributed by atoms with E-state index in [1.807, 2.05) is 36.4 Å². The third kappa shape index (κ3) is 2.51. The van der Waals surface area contributed by atoms with Gasteiger partial charge in [0.05, 0.1) is 27.1 Å². The smallest absolute Gasteiger partial charge is 0.258 e. The maximum Gasteiger partial charge on any atom is 0.312 e. The number of hydrogen-bond donors (Lipinski definition) is 0. The van der Waals surface area contributed by atoms with Crippen LogP contribution < -0.4 is 0 Å². The van der Waals surface area contributed by atoms with Crippen molar-refractivity contribution in [2.45, 2.75) is 9.92 Å². The van der Waals surface area contributed by atoms with Crippen LogP contribution in [0.4, 0.5) is 5.69 Å². The Labute approximate surface area is 138 Å². The summed E-state index contributed by atoms with van der Waals surface area (Å²) in [6, 6.07) is 15.0. The molecule has 4 aromatic rings. The van der Waals surface area contributed by atoms with Gasteiger partial charge in [0.25, 0.3) is 0 Å². The lowest BCUT2D eigenvalue weighted by Crippen LogP contribution is -1.93. The molecule has 8 heteroatoms. The number of nitro benzene ring substituents is 1. The zero-order valence-electron chi connectivity index (χ0n) is 11.5. The molecule has 2 heterocycles. The highest BCUT2D eigenvalue weighted by Gasteiger charge is 2.22. The monoisotopic (exact) mass is 340 g/mol. The highest BCUT2D eigenvalue weighted by molar-refractivity contribution is 7.99. The Morgan fingerprint density at radius 3 is 2.74 bits per heavy atom. The number of aromatic nitrogens is 3. The van der Waals surface area contributed by atoms with Crippen LogP contribution >= 0.6 is 23.5 Å². The number of hydrogen-bond acceptors (Lipinski definition) is 7. The van der Waals surface area contributed by atoms with E-state index < -0.39 is 4.92 Å². The van der Waals surface area contributed by atoms with Crippen LogP contribution in [0.3, 0.4) is 0 Å². The second-order valence-corrected chi connectivity index (χ2v) is 6.34. The molecule has 0 atom stereocenters.